The Bertz CT molecular complexity index is 949. The number of carbonyl (C=O) groups is 1. The average Bonchev–Trinajstić information content (AvgIpc) is 3.30. The molecule has 0 aliphatic carbocycles. The van der Waals surface area contributed by atoms with Crippen molar-refractivity contribution in [3.8, 4) is 17.1 Å². The average molecular weight is 363 g/mol. The van der Waals surface area contributed by atoms with Crippen molar-refractivity contribution in [2.24, 2.45) is 0 Å². The Kier molecular flexibility index (Phi) is 4.62. The summed E-state index contributed by atoms with van der Waals surface area (Å²) < 4.78 is 10.9. The Morgan fingerprint density at radius 3 is 2.78 bits per heavy atom. The van der Waals surface area contributed by atoms with Crippen LogP contribution in [-0.4, -0.2) is 29.2 Å². The Labute approximate surface area is 157 Å². The van der Waals surface area contributed by atoms with Crippen LogP contribution >= 0.6 is 0 Å². The summed E-state index contributed by atoms with van der Waals surface area (Å²) in [5.74, 6) is 1.81. The van der Waals surface area contributed by atoms with Gasteiger partial charge in [-0.05, 0) is 44.2 Å². The molecule has 27 heavy (non-hydrogen) atoms. The number of hydrogen-bond acceptors (Lipinski definition) is 5. The second-order valence-electron chi connectivity index (χ2n) is 6.66. The van der Waals surface area contributed by atoms with Gasteiger partial charge in [0.1, 0.15) is 5.75 Å². The van der Waals surface area contributed by atoms with Crippen LogP contribution in [0.2, 0.25) is 0 Å². The topological polar surface area (TPSA) is 68.5 Å². The van der Waals surface area contributed by atoms with Crippen LogP contribution in [0.1, 0.15) is 30.7 Å². The highest BCUT2D eigenvalue weighted by molar-refractivity contribution is 5.96. The molecule has 1 unspecified atom stereocenters. The van der Waals surface area contributed by atoms with Crippen LogP contribution in [0, 0.1) is 6.92 Å². The molecular weight excluding hydrogens is 342 g/mol. The summed E-state index contributed by atoms with van der Waals surface area (Å²) in [4.78, 5) is 18.8. The molecule has 6 heteroatoms. The van der Waals surface area contributed by atoms with E-state index >= 15 is 0 Å². The molecule has 1 atom stereocenters. The van der Waals surface area contributed by atoms with Gasteiger partial charge in [-0.15, -0.1) is 0 Å². The fourth-order valence-corrected chi connectivity index (χ4v) is 3.31. The lowest BCUT2D eigenvalue weighted by molar-refractivity contribution is -0.117. The van der Waals surface area contributed by atoms with Crippen LogP contribution in [0.25, 0.3) is 11.4 Å². The van der Waals surface area contributed by atoms with Crippen molar-refractivity contribution in [3.63, 3.8) is 0 Å². The number of aryl methyl sites for hydroxylation is 1. The Hall–Kier alpha value is -3.15. The molecule has 3 aromatic rings. The third kappa shape index (κ3) is 3.56. The first-order chi connectivity index (χ1) is 13.1. The molecule has 1 aliphatic rings. The molecule has 0 radical (unpaired) electrons. The van der Waals surface area contributed by atoms with E-state index in [0.29, 0.717) is 31.3 Å². The van der Waals surface area contributed by atoms with Crippen molar-refractivity contribution in [1.29, 1.82) is 0 Å². The van der Waals surface area contributed by atoms with E-state index in [1.807, 2.05) is 62.4 Å². The number of hydrogen-bond donors (Lipinski definition) is 0. The van der Waals surface area contributed by atoms with Crippen LogP contribution < -0.4 is 9.64 Å². The van der Waals surface area contributed by atoms with Gasteiger partial charge >= 0.3 is 0 Å². The quantitative estimate of drug-likeness (QED) is 0.686. The predicted molar refractivity (Wildman–Crippen MR) is 102 cm³/mol. The first-order valence-electron chi connectivity index (χ1n) is 9.08. The van der Waals surface area contributed by atoms with Crippen LogP contribution in [0.5, 0.6) is 5.75 Å². The van der Waals surface area contributed by atoms with Crippen molar-refractivity contribution in [2.45, 2.75) is 26.2 Å². The maximum Gasteiger partial charge on any atom is 0.232 e. The normalized spacial score (nSPS) is 16.7. The minimum absolute atomic E-state index is 0.0551. The highest BCUT2D eigenvalue weighted by atomic mass is 16.5. The number of carbonyl (C=O) groups excluding carboxylic acids is 1. The fourth-order valence-electron chi connectivity index (χ4n) is 3.31. The number of ether oxygens (including phenoxy) is 1. The molecular formula is C21H21N3O3. The van der Waals surface area contributed by atoms with E-state index in [1.165, 1.54) is 0 Å². The summed E-state index contributed by atoms with van der Waals surface area (Å²) >= 11 is 0. The van der Waals surface area contributed by atoms with Crippen molar-refractivity contribution >= 4 is 11.6 Å². The molecule has 138 valence electrons. The van der Waals surface area contributed by atoms with Gasteiger partial charge in [-0.25, -0.2) is 0 Å². The van der Waals surface area contributed by atoms with Gasteiger partial charge in [0.2, 0.25) is 17.6 Å². The van der Waals surface area contributed by atoms with E-state index in [2.05, 4.69) is 10.1 Å². The van der Waals surface area contributed by atoms with Crippen molar-refractivity contribution in [2.75, 3.05) is 18.1 Å². The number of anilines is 1. The fraction of sp³-hybridized carbons (Fsp3) is 0.286. The number of nitrogens with zero attached hydrogens (tertiary/aromatic N) is 3. The zero-order valence-corrected chi connectivity index (χ0v) is 15.4. The predicted octanol–water partition coefficient (Wildman–Crippen LogP) is 3.96. The van der Waals surface area contributed by atoms with Crippen LogP contribution in [-0.2, 0) is 4.79 Å². The highest BCUT2D eigenvalue weighted by Crippen LogP contribution is 2.32. The summed E-state index contributed by atoms with van der Waals surface area (Å²) in [5, 5.41) is 4.09. The summed E-state index contributed by atoms with van der Waals surface area (Å²) in [6.07, 6.45) is 0.364. The van der Waals surface area contributed by atoms with Gasteiger partial charge in [-0.2, -0.15) is 4.98 Å². The largest absolute Gasteiger partial charge is 0.494 e. The zero-order chi connectivity index (χ0) is 18.8. The van der Waals surface area contributed by atoms with Gasteiger partial charge < -0.3 is 14.2 Å². The SMILES string of the molecule is CCOc1ccc(N2CC(c3nc(-c4cccc(C)c4)no3)CC2=O)cc1. The zero-order valence-electron chi connectivity index (χ0n) is 15.4. The van der Waals surface area contributed by atoms with Crippen molar-refractivity contribution < 1.29 is 14.1 Å². The van der Waals surface area contributed by atoms with Crippen molar-refractivity contribution in [1.82, 2.24) is 10.1 Å². The molecule has 2 aromatic carbocycles. The molecule has 1 amide bonds. The van der Waals surface area contributed by atoms with E-state index in [9.17, 15) is 4.79 Å². The maximum atomic E-state index is 12.5. The van der Waals surface area contributed by atoms with E-state index < -0.39 is 0 Å². The molecule has 6 nitrogen and oxygen atoms in total. The van der Waals surface area contributed by atoms with Crippen LogP contribution in [0.4, 0.5) is 5.69 Å². The van der Waals surface area contributed by atoms with Crippen LogP contribution in [0.3, 0.4) is 0 Å². The number of amides is 1. The van der Waals surface area contributed by atoms with Gasteiger partial charge in [-0.1, -0.05) is 28.9 Å². The summed E-state index contributed by atoms with van der Waals surface area (Å²) in [5.41, 5.74) is 2.90. The summed E-state index contributed by atoms with van der Waals surface area (Å²) in [6.45, 7) is 5.11. The number of aromatic nitrogens is 2. The molecule has 1 aromatic heterocycles. The van der Waals surface area contributed by atoms with E-state index in [4.69, 9.17) is 9.26 Å². The Morgan fingerprint density at radius 1 is 1.22 bits per heavy atom. The van der Waals surface area contributed by atoms with Crippen molar-refractivity contribution in [3.05, 3.63) is 60.0 Å². The summed E-state index contributed by atoms with van der Waals surface area (Å²) in [7, 11) is 0. The maximum absolute atomic E-state index is 12.5. The van der Waals surface area contributed by atoms with Gasteiger partial charge in [0, 0.05) is 24.2 Å². The van der Waals surface area contributed by atoms with E-state index in [-0.39, 0.29) is 11.8 Å². The Balaban J connectivity index is 1.51. The minimum Gasteiger partial charge on any atom is -0.494 e. The number of rotatable bonds is 5. The monoisotopic (exact) mass is 363 g/mol. The van der Waals surface area contributed by atoms with E-state index in [0.717, 1.165) is 22.6 Å². The van der Waals surface area contributed by atoms with Gasteiger partial charge in [0.25, 0.3) is 0 Å². The third-order valence-corrected chi connectivity index (χ3v) is 4.65. The minimum atomic E-state index is -0.102. The van der Waals surface area contributed by atoms with Crippen LogP contribution in [0.15, 0.2) is 53.1 Å². The van der Waals surface area contributed by atoms with Gasteiger partial charge in [-0.3, -0.25) is 4.79 Å². The number of benzene rings is 2. The first kappa shape index (κ1) is 17.3. The molecule has 0 bridgehead atoms. The first-order valence-corrected chi connectivity index (χ1v) is 9.08. The lowest BCUT2D eigenvalue weighted by Crippen LogP contribution is -2.24. The van der Waals surface area contributed by atoms with Gasteiger partial charge in [0.05, 0.1) is 12.5 Å². The molecule has 2 heterocycles. The molecule has 1 aliphatic heterocycles. The molecule has 1 saturated heterocycles. The van der Waals surface area contributed by atoms with E-state index in [1.54, 1.807) is 4.90 Å². The lowest BCUT2D eigenvalue weighted by atomic mass is 10.1. The summed E-state index contributed by atoms with van der Waals surface area (Å²) in [6, 6.07) is 15.5. The molecule has 4 rings (SSSR count). The lowest BCUT2D eigenvalue weighted by Gasteiger charge is -2.16. The highest BCUT2D eigenvalue weighted by Gasteiger charge is 2.35. The third-order valence-electron chi connectivity index (χ3n) is 4.65. The standard InChI is InChI=1S/C21H21N3O3/c1-3-26-18-9-7-17(8-10-18)24-13-16(12-19(24)25)21-22-20(23-27-21)15-6-4-5-14(2)11-15/h4-11,16H,3,12-13H2,1-2H3. The van der Waals surface area contributed by atoms with Gasteiger partial charge in [0.15, 0.2) is 0 Å². The molecule has 0 N–H and O–H groups in total. The second-order valence-corrected chi connectivity index (χ2v) is 6.66. The molecule has 0 spiro atoms. The Morgan fingerprint density at radius 2 is 2.04 bits per heavy atom. The molecule has 0 saturated carbocycles. The molecule has 1 fully saturated rings. The second kappa shape index (κ2) is 7.23. The smallest absolute Gasteiger partial charge is 0.232 e.